The third-order valence-electron chi connectivity index (χ3n) is 1.97. The summed E-state index contributed by atoms with van der Waals surface area (Å²) in [5.41, 5.74) is 0. The molecule has 0 saturated heterocycles. The van der Waals surface area contributed by atoms with E-state index in [1.165, 1.54) is 6.92 Å². The highest BCUT2D eigenvalue weighted by molar-refractivity contribution is 8.13. The zero-order valence-corrected chi connectivity index (χ0v) is 11.2. The van der Waals surface area contributed by atoms with E-state index in [0.717, 1.165) is 11.8 Å². The van der Waals surface area contributed by atoms with Gasteiger partial charge in [0.15, 0.2) is 5.12 Å². The van der Waals surface area contributed by atoms with Crippen molar-refractivity contribution >= 4 is 28.8 Å². The van der Waals surface area contributed by atoms with Gasteiger partial charge in [0.1, 0.15) is 6.04 Å². The van der Waals surface area contributed by atoms with Crippen LogP contribution in [0.1, 0.15) is 33.6 Å². The van der Waals surface area contributed by atoms with E-state index in [0.29, 0.717) is 12.2 Å². The number of hydrogen-bond acceptors (Lipinski definition) is 4. The molecule has 5 nitrogen and oxygen atoms in total. The predicted molar refractivity (Wildman–Crippen MR) is 66.8 cm³/mol. The van der Waals surface area contributed by atoms with E-state index < -0.39 is 12.0 Å². The van der Waals surface area contributed by atoms with Gasteiger partial charge in [-0.2, -0.15) is 0 Å². The smallest absolute Gasteiger partial charge is 0.326 e. The maximum absolute atomic E-state index is 11.4. The Hall–Kier alpha value is -1.04. The number of nitrogens with one attached hydrogen (secondary N) is 1. The monoisotopic (exact) mass is 261 g/mol. The van der Waals surface area contributed by atoms with E-state index in [-0.39, 0.29) is 23.4 Å². The van der Waals surface area contributed by atoms with Crippen molar-refractivity contribution in [2.24, 2.45) is 5.92 Å². The van der Waals surface area contributed by atoms with Gasteiger partial charge in [0.25, 0.3) is 0 Å². The van der Waals surface area contributed by atoms with Gasteiger partial charge in [0, 0.05) is 19.1 Å². The predicted octanol–water partition coefficient (Wildman–Crippen LogP) is 1.27. The van der Waals surface area contributed by atoms with Gasteiger partial charge in [-0.05, 0) is 12.3 Å². The SMILES string of the molecule is CC(=O)SCCC(=O)N[C@@H](CC(C)C)C(=O)O. The molecule has 0 rings (SSSR count). The molecule has 98 valence electrons. The second kappa shape index (κ2) is 8.11. The van der Waals surface area contributed by atoms with Gasteiger partial charge >= 0.3 is 5.97 Å². The van der Waals surface area contributed by atoms with E-state index in [1.54, 1.807) is 0 Å². The van der Waals surface area contributed by atoms with Gasteiger partial charge in [-0.25, -0.2) is 4.79 Å². The normalized spacial score (nSPS) is 12.2. The van der Waals surface area contributed by atoms with Gasteiger partial charge in [-0.15, -0.1) is 0 Å². The van der Waals surface area contributed by atoms with Gasteiger partial charge in [0.2, 0.25) is 5.91 Å². The number of rotatable bonds is 7. The molecule has 0 saturated carbocycles. The van der Waals surface area contributed by atoms with Crippen molar-refractivity contribution in [1.82, 2.24) is 5.32 Å². The zero-order chi connectivity index (χ0) is 13.4. The van der Waals surface area contributed by atoms with Crippen LogP contribution in [0, 0.1) is 5.92 Å². The molecule has 17 heavy (non-hydrogen) atoms. The lowest BCUT2D eigenvalue weighted by Gasteiger charge is -2.16. The maximum Gasteiger partial charge on any atom is 0.326 e. The molecule has 0 aromatic carbocycles. The minimum Gasteiger partial charge on any atom is -0.480 e. The number of carboxylic acid groups (broad SMARTS) is 1. The van der Waals surface area contributed by atoms with Gasteiger partial charge in [-0.3, -0.25) is 9.59 Å². The molecule has 0 unspecified atom stereocenters. The molecule has 0 heterocycles. The standard InChI is InChI=1S/C11H19NO4S/c1-7(2)6-9(11(15)16)12-10(14)4-5-17-8(3)13/h7,9H,4-6H2,1-3H3,(H,12,14)(H,15,16)/t9-/m0/s1. The summed E-state index contributed by atoms with van der Waals surface area (Å²) in [6, 6.07) is -0.843. The minimum atomic E-state index is -1.02. The fraction of sp³-hybridized carbons (Fsp3) is 0.727. The molecule has 0 fully saturated rings. The number of hydrogen-bond donors (Lipinski definition) is 2. The fourth-order valence-corrected chi connectivity index (χ4v) is 1.82. The molecule has 0 aromatic heterocycles. The van der Waals surface area contributed by atoms with Crippen LogP contribution < -0.4 is 5.32 Å². The molecular formula is C11H19NO4S. The second-order valence-corrected chi connectivity index (χ2v) is 5.45. The van der Waals surface area contributed by atoms with E-state index in [9.17, 15) is 14.4 Å². The van der Waals surface area contributed by atoms with Crippen molar-refractivity contribution in [2.75, 3.05) is 5.75 Å². The molecule has 6 heteroatoms. The average molecular weight is 261 g/mol. The van der Waals surface area contributed by atoms with Crippen LogP contribution in [0.25, 0.3) is 0 Å². The summed E-state index contributed by atoms with van der Waals surface area (Å²) in [6.07, 6.45) is 0.563. The molecule has 2 N–H and O–H groups in total. The Labute approximate surface area is 105 Å². The number of carbonyl (C=O) groups excluding carboxylic acids is 2. The molecule has 0 bridgehead atoms. The van der Waals surface area contributed by atoms with E-state index >= 15 is 0 Å². The highest BCUT2D eigenvalue weighted by Gasteiger charge is 2.20. The number of carbonyl (C=O) groups is 3. The maximum atomic E-state index is 11.4. The van der Waals surface area contributed by atoms with Gasteiger partial charge < -0.3 is 10.4 Å². The van der Waals surface area contributed by atoms with Crippen LogP contribution in [-0.4, -0.2) is 33.9 Å². The largest absolute Gasteiger partial charge is 0.480 e. The minimum absolute atomic E-state index is 0.0465. The summed E-state index contributed by atoms with van der Waals surface area (Å²) >= 11 is 1.06. The number of thioether (sulfide) groups is 1. The Morgan fingerprint density at radius 2 is 1.88 bits per heavy atom. The van der Waals surface area contributed by atoms with Crippen LogP contribution in [0.3, 0.4) is 0 Å². The summed E-state index contributed by atoms with van der Waals surface area (Å²) in [6.45, 7) is 5.22. The first-order valence-corrected chi connectivity index (χ1v) is 6.47. The number of amides is 1. The van der Waals surface area contributed by atoms with Crippen LogP contribution in [0.2, 0.25) is 0 Å². The van der Waals surface area contributed by atoms with Crippen LogP contribution in [0.4, 0.5) is 0 Å². The Kier molecular flexibility index (Phi) is 7.61. The zero-order valence-electron chi connectivity index (χ0n) is 10.4. The Bertz CT molecular complexity index is 291. The Balaban J connectivity index is 4.04. The summed E-state index contributed by atoms with van der Waals surface area (Å²) in [5.74, 6) is -0.768. The topological polar surface area (TPSA) is 83.5 Å². The summed E-state index contributed by atoms with van der Waals surface area (Å²) < 4.78 is 0. The van der Waals surface area contributed by atoms with Crippen molar-refractivity contribution < 1.29 is 19.5 Å². The fourth-order valence-electron chi connectivity index (χ4n) is 1.25. The quantitative estimate of drug-likeness (QED) is 0.721. The molecule has 0 radical (unpaired) electrons. The summed E-state index contributed by atoms with van der Waals surface area (Å²) in [7, 11) is 0. The van der Waals surface area contributed by atoms with E-state index in [2.05, 4.69) is 5.32 Å². The molecule has 0 spiro atoms. The van der Waals surface area contributed by atoms with Crippen LogP contribution in [-0.2, 0) is 14.4 Å². The lowest BCUT2D eigenvalue weighted by atomic mass is 10.0. The highest BCUT2D eigenvalue weighted by atomic mass is 32.2. The van der Waals surface area contributed by atoms with E-state index in [1.807, 2.05) is 13.8 Å². The molecule has 0 aliphatic rings. The average Bonchev–Trinajstić information content (AvgIpc) is 2.15. The Morgan fingerprint density at radius 1 is 1.29 bits per heavy atom. The van der Waals surface area contributed by atoms with E-state index in [4.69, 9.17) is 5.11 Å². The van der Waals surface area contributed by atoms with Crippen molar-refractivity contribution in [2.45, 2.75) is 39.7 Å². The van der Waals surface area contributed by atoms with Gasteiger partial charge in [0.05, 0.1) is 0 Å². The molecule has 0 aromatic rings. The lowest BCUT2D eigenvalue weighted by molar-refractivity contribution is -0.142. The van der Waals surface area contributed by atoms with Crippen LogP contribution in [0.15, 0.2) is 0 Å². The van der Waals surface area contributed by atoms with Crippen molar-refractivity contribution in [3.63, 3.8) is 0 Å². The molecular weight excluding hydrogens is 242 g/mol. The summed E-state index contributed by atoms with van der Waals surface area (Å²) in [5, 5.41) is 11.3. The third-order valence-corrected chi connectivity index (χ3v) is 2.79. The molecule has 1 atom stereocenters. The second-order valence-electron chi connectivity index (χ2n) is 4.18. The number of aliphatic carboxylic acids is 1. The first-order valence-electron chi connectivity index (χ1n) is 5.48. The van der Waals surface area contributed by atoms with Crippen LogP contribution in [0.5, 0.6) is 0 Å². The number of carboxylic acids is 1. The molecule has 1 amide bonds. The highest BCUT2D eigenvalue weighted by Crippen LogP contribution is 2.07. The Morgan fingerprint density at radius 3 is 2.29 bits per heavy atom. The summed E-state index contributed by atoms with van der Waals surface area (Å²) in [4.78, 5) is 32.9. The first-order chi connectivity index (χ1) is 7.82. The van der Waals surface area contributed by atoms with Crippen molar-refractivity contribution in [1.29, 1.82) is 0 Å². The lowest BCUT2D eigenvalue weighted by Crippen LogP contribution is -2.41. The van der Waals surface area contributed by atoms with Gasteiger partial charge in [-0.1, -0.05) is 25.6 Å². The van der Waals surface area contributed by atoms with Crippen molar-refractivity contribution in [3.05, 3.63) is 0 Å². The first kappa shape index (κ1) is 16.0. The molecule has 0 aliphatic heterocycles. The van der Waals surface area contributed by atoms with Crippen LogP contribution >= 0.6 is 11.8 Å². The molecule has 0 aliphatic carbocycles. The van der Waals surface area contributed by atoms with Crippen molar-refractivity contribution in [3.8, 4) is 0 Å². The third kappa shape index (κ3) is 8.74.